The maximum Gasteiger partial charge on any atom is 0.176 e. The van der Waals surface area contributed by atoms with E-state index in [2.05, 4.69) is 17.1 Å². The fourth-order valence-electron chi connectivity index (χ4n) is 2.09. The van der Waals surface area contributed by atoms with Gasteiger partial charge in [-0.15, -0.1) is 0 Å². The van der Waals surface area contributed by atoms with Gasteiger partial charge in [-0.3, -0.25) is 9.69 Å². The first-order valence-electron chi connectivity index (χ1n) is 5.89. The van der Waals surface area contributed by atoms with E-state index in [9.17, 15) is 9.18 Å². The SMILES string of the molecule is C[C@H]1CN(CC(=O)c2ccc(F)cc2)CCN1. The lowest BCUT2D eigenvalue weighted by Gasteiger charge is -2.31. The Morgan fingerprint density at radius 3 is 2.82 bits per heavy atom. The number of piperazine rings is 1. The summed E-state index contributed by atoms with van der Waals surface area (Å²) < 4.78 is 12.7. The van der Waals surface area contributed by atoms with Crippen LogP contribution >= 0.6 is 0 Å². The van der Waals surface area contributed by atoms with Crippen molar-refractivity contribution >= 4 is 5.78 Å². The van der Waals surface area contributed by atoms with E-state index in [1.54, 1.807) is 12.1 Å². The molecule has 1 saturated heterocycles. The Morgan fingerprint density at radius 1 is 1.47 bits per heavy atom. The topological polar surface area (TPSA) is 32.3 Å². The van der Waals surface area contributed by atoms with Gasteiger partial charge in [0.15, 0.2) is 5.78 Å². The van der Waals surface area contributed by atoms with Gasteiger partial charge in [0.05, 0.1) is 6.54 Å². The molecule has 2 rings (SSSR count). The Bertz CT molecular complexity index is 391. The molecule has 1 aliphatic heterocycles. The van der Waals surface area contributed by atoms with Gasteiger partial charge in [0, 0.05) is 31.2 Å². The van der Waals surface area contributed by atoms with Crippen molar-refractivity contribution in [3.63, 3.8) is 0 Å². The number of ketones is 1. The number of hydrogen-bond donors (Lipinski definition) is 1. The molecule has 1 N–H and O–H groups in total. The van der Waals surface area contributed by atoms with Crippen molar-refractivity contribution in [2.75, 3.05) is 26.2 Å². The van der Waals surface area contributed by atoms with E-state index in [4.69, 9.17) is 0 Å². The van der Waals surface area contributed by atoms with Gasteiger partial charge in [0.25, 0.3) is 0 Å². The van der Waals surface area contributed by atoms with Crippen LogP contribution in [0.2, 0.25) is 0 Å². The molecular formula is C13H17FN2O. The number of rotatable bonds is 3. The average Bonchev–Trinajstić information content (AvgIpc) is 2.29. The molecule has 0 radical (unpaired) electrons. The van der Waals surface area contributed by atoms with Crippen LogP contribution in [-0.2, 0) is 0 Å². The Morgan fingerprint density at radius 2 is 2.18 bits per heavy atom. The van der Waals surface area contributed by atoms with E-state index >= 15 is 0 Å². The highest BCUT2D eigenvalue weighted by Gasteiger charge is 2.18. The number of carbonyl (C=O) groups is 1. The standard InChI is InChI=1S/C13H17FN2O/c1-10-8-16(7-6-15-10)9-13(17)11-2-4-12(14)5-3-11/h2-5,10,15H,6-9H2,1H3/t10-/m0/s1. The second-order valence-corrected chi connectivity index (χ2v) is 4.52. The third-order valence-electron chi connectivity index (χ3n) is 2.99. The minimum Gasteiger partial charge on any atom is -0.312 e. The quantitative estimate of drug-likeness (QED) is 0.803. The summed E-state index contributed by atoms with van der Waals surface area (Å²) >= 11 is 0. The number of halogens is 1. The van der Waals surface area contributed by atoms with Crippen LogP contribution < -0.4 is 5.32 Å². The molecule has 17 heavy (non-hydrogen) atoms. The predicted molar refractivity (Wildman–Crippen MR) is 64.6 cm³/mol. The molecule has 0 aromatic heterocycles. The molecule has 3 nitrogen and oxygen atoms in total. The summed E-state index contributed by atoms with van der Waals surface area (Å²) in [5.74, 6) is -0.253. The molecule has 1 heterocycles. The van der Waals surface area contributed by atoms with Crippen molar-refractivity contribution in [2.45, 2.75) is 13.0 Å². The summed E-state index contributed by atoms with van der Waals surface area (Å²) in [6, 6.07) is 6.16. The first-order chi connectivity index (χ1) is 8.15. The zero-order chi connectivity index (χ0) is 12.3. The summed E-state index contributed by atoms with van der Waals surface area (Å²) in [5, 5.41) is 3.33. The number of carbonyl (C=O) groups excluding carboxylic acids is 1. The van der Waals surface area contributed by atoms with Crippen LogP contribution in [0.5, 0.6) is 0 Å². The summed E-state index contributed by atoms with van der Waals surface area (Å²) in [6.45, 7) is 5.20. The van der Waals surface area contributed by atoms with E-state index in [-0.39, 0.29) is 11.6 Å². The fourth-order valence-corrected chi connectivity index (χ4v) is 2.09. The van der Waals surface area contributed by atoms with Gasteiger partial charge in [-0.05, 0) is 31.2 Å². The minimum atomic E-state index is -0.308. The van der Waals surface area contributed by atoms with Crippen molar-refractivity contribution in [3.8, 4) is 0 Å². The van der Waals surface area contributed by atoms with E-state index in [1.165, 1.54) is 12.1 Å². The molecule has 1 fully saturated rings. The molecule has 0 saturated carbocycles. The minimum absolute atomic E-state index is 0.0547. The second-order valence-electron chi connectivity index (χ2n) is 4.52. The summed E-state index contributed by atoms with van der Waals surface area (Å²) in [5.41, 5.74) is 0.581. The van der Waals surface area contributed by atoms with Crippen molar-refractivity contribution in [1.82, 2.24) is 10.2 Å². The molecule has 4 heteroatoms. The Labute approximate surface area is 101 Å². The van der Waals surface area contributed by atoms with Gasteiger partial charge in [-0.1, -0.05) is 0 Å². The largest absolute Gasteiger partial charge is 0.312 e. The lowest BCUT2D eigenvalue weighted by atomic mass is 10.1. The Hall–Kier alpha value is -1.26. The zero-order valence-electron chi connectivity index (χ0n) is 9.95. The number of nitrogens with zero attached hydrogens (tertiary/aromatic N) is 1. The van der Waals surface area contributed by atoms with E-state index in [0.717, 1.165) is 19.6 Å². The van der Waals surface area contributed by atoms with Crippen molar-refractivity contribution in [2.24, 2.45) is 0 Å². The fraction of sp³-hybridized carbons (Fsp3) is 0.462. The van der Waals surface area contributed by atoms with Gasteiger partial charge < -0.3 is 5.32 Å². The van der Waals surface area contributed by atoms with E-state index in [0.29, 0.717) is 18.2 Å². The molecular weight excluding hydrogens is 219 g/mol. The van der Waals surface area contributed by atoms with Crippen LogP contribution in [0, 0.1) is 5.82 Å². The van der Waals surface area contributed by atoms with Crippen LogP contribution in [0.3, 0.4) is 0 Å². The predicted octanol–water partition coefficient (Wildman–Crippen LogP) is 1.30. The van der Waals surface area contributed by atoms with Gasteiger partial charge >= 0.3 is 0 Å². The second kappa shape index (κ2) is 5.38. The number of Topliss-reactive ketones (excluding diaryl/α,β-unsaturated/α-hetero) is 1. The average molecular weight is 236 g/mol. The van der Waals surface area contributed by atoms with Crippen LogP contribution in [0.15, 0.2) is 24.3 Å². The van der Waals surface area contributed by atoms with Crippen LogP contribution in [0.4, 0.5) is 4.39 Å². The first-order valence-corrected chi connectivity index (χ1v) is 5.89. The molecule has 0 amide bonds. The Kier molecular flexibility index (Phi) is 3.86. The number of hydrogen-bond acceptors (Lipinski definition) is 3. The van der Waals surface area contributed by atoms with Crippen molar-refractivity contribution in [1.29, 1.82) is 0 Å². The summed E-state index contributed by atoms with van der Waals surface area (Å²) in [4.78, 5) is 14.1. The van der Waals surface area contributed by atoms with Gasteiger partial charge in [0.1, 0.15) is 5.82 Å². The molecule has 1 aromatic rings. The van der Waals surface area contributed by atoms with Crippen molar-refractivity contribution in [3.05, 3.63) is 35.6 Å². The number of nitrogens with one attached hydrogen (secondary N) is 1. The molecule has 1 atom stereocenters. The van der Waals surface area contributed by atoms with Crippen LogP contribution in [0.1, 0.15) is 17.3 Å². The third-order valence-corrected chi connectivity index (χ3v) is 2.99. The maximum absolute atomic E-state index is 12.7. The molecule has 0 bridgehead atoms. The van der Waals surface area contributed by atoms with Crippen LogP contribution in [-0.4, -0.2) is 42.9 Å². The lowest BCUT2D eigenvalue weighted by Crippen LogP contribution is -2.50. The van der Waals surface area contributed by atoms with Gasteiger partial charge in [0.2, 0.25) is 0 Å². The highest BCUT2D eigenvalue weighted by Crippen LogP contribution is 2.06. The van der Waals surface area contributed by atoms with Crippen LogP contribution in [0.25, 0.3) is 0 Å². The zero-order valence-corrected chi connectivity index (χ0v) is 9.95. The van der Waals surface area contributed by atoms with Gasteiger partial charge in [-0.2, -0.15) is 0 Å². The van der Waals surface area contributed by atoms with E-state index < -0.39 is 0 Å². The third kappa shape index (κ3) is 3.35. The molecule has 92 valence electrons. The molecule has 0 aliphatic carbocycles. The highest BCUT2D eigenvalue weighted by atomic mass is 19.1. The monoisotopic (exact) mass is 236 g/mol. The lowest BCUT2D eigenvalue weighted by molar-refractivity contribution is 0.0908. The van der Waals surface area contributed by atoms with E-state index in [1.807, 2.05) is 0 Å². The summed E-state index contributed by atoms with van der Waals surface area (Å²) in [6.07, 6.45) is 0. The van der Waals surface area contributed by atoms with Gasteiger partial charge in [-0.25, -0.2) is 4.39 Å². The first kappa shape index (κ1) is 12.2. The molecule has 0 spiro atoms. The highest BCUT2D eigenvalue weighted by molar-refractivity contribution is 5.97. The maximum atomic E-state index is 12.7. The Balaban J connectivity index is 1.94. The molecule has 1 aromatic carbocycles. The summed E-state index contributed by atoms with van der Waals surface area (Å²) in [7, 11) is 0. The molecule has 1 aliphatic rings. The number of benzene rings is 1. The van der Waals surface area contributed by atoms with Crippen molar-refractivity contribution < 1.29 is 9.18 Å². The molecule has 0 unspecified atom stereocenters. The smallest absolute Gasteiger partial charge is 0.176 e. The normalized spacial score (nSPS) is 21.4.